The molecule has 2 fully saturated rings. The number of carboxylic acids is 1. The maximum atomic E-state index is 10.8. The van der Waals surface area contributed by atoms with Crippen molar-refractivity contribution >= 4 is 5.97 Å². The predicted octanol–water partition coefficient (Wildman–Crippen LogP) is 1.94. The maximum Gasteiger partial charge on any atom is 0.371 e. The van der Waals surface area contributed by atoms with Gasteiger partial charge < -0.3 is 14.8 Å². The molecule has 2 aliphatic rings. The van der Waals surface area contributed by atoms with Crippen molar-refractivity contribution in [3.8, 4) is 0 Å². The van der Waals surface area contributed by atoms with E-state index in [1.165, 1.54) is 25.7 Å². The lowest BCUT2D eigenvalue weighted by molar-refractivity contribution is 0.0658. The zero-order chi connectivity index (χ0) is 13.9. The van der Waals surface area contributed by atoms with Crippen molar-refractivity contribution in [1.29, 1.82) is 0 Å². The van der Waals surface area contributed by atoms with Crippen LogP contribution in [0.2, 0.25) is 0 Å². The summed E-state index contributed by atoms with van der Waals surface area (Å²) >= 11 is 0. The lowest BCUT2D eigenvalue weighted by Crippen LogP contribution is -2.38. The van der Waals surface area contributed by atoms with E-state index in [2.05, 4.69) is 10.2 Å². The third kappa shape index (κ3) is 3.61. The normalized spacial score (nSPS) is 22.6. The van der Waals surface area contributed by atoms with Gasteiger partial charge in [-0.2, -0.15) is 0 Å². The van der Waals surface area contributed by atoms with E-state index >= 15 is 0 Å². The van der Waals surface area contributed by atoms with Gasteiger partial charge in [-0.05, 0) is 50.3 Å². The highest BCUT2D eigenvalue weighted by atomic mass is 16.4. The summed E-state index contributed by atoms with van der Waals surface area (Å²) in [6, 6.07) is 3.90. The second kappa shape index (κ2) is 5.97. The smallest absolute Gasteiger partial charge is 0.371 e. The Morgan fingerprint density at radius 1 is 1.35 bits per heavy atom. The van der Waals surface area contributed by atoms with E-state index in [4.69, 9.17) is 9.52 Å². The fraction of sp³-hybridized carbons (Fsp3) is 0.667. The Morgan fingerprint density at radius 3 is 2.80 bits per heavy atom. The Labute approximate surface area is 118 Å². The molecule has 0 radical (unpaired) electrons. The number of nitrogens with zero attached hydrogens (tertiary/aromatic N) is 1. The quantitative estimate of drug-likeness (QED) is 0.798. The van der Waals surface area contributed by atoms with E-state index in [0.717, 1.165) is 31.3 Å². The molecule has 1 aromatic rings. The number of hydrogen-bond acceptors (Lipinski definition) is 4. The van der Waals surface area contributed by atoms with E-state index < -0.39 is 5.97 Å². The van der Waals surface area contributed by atoms with Crippen LogP contribution in [0, 0.1) is 5.92 Å². The molecule has 0 aromatic carbocycles. The molecule has 2 N–H and O–H groups in total. The molecule has 3 rings (SSSR count). The molecule has 1 aliphatic heterocycles. The minimum atomic E-state index is -0.998. The van der Waals surface area contributed by atoms with Crippen LogP contribution in [-0.2, 0) is 6.54 Å². The highest BCUT2D eigenvalue weighted by molar-refractivity contribution is 5.84. The molecule has 1 saturated heterocycles. The summed E-state index contributed by atoms with van der Waals surface area (Å²) in [5, 5.41) is 12.4. The maximum absolute atomic E-state index is 10.8. The second-order valence-corrected chi connectivity index (χ2v) is 6.00. The molecule has 2 heterocycles. The second-order valence-electron chi connectivity index (χ2n) is 6.00. The topological polar surface area (TPSA) is 65.7 Å². The molecule has 5 heteroatoms. The first-order valence-corrected chi connectivity index (χ1v) is 7.48. The Hall–Kier alpha value is -1.33. The SMILES string of the molecule is O=C(O)c1ccc(CN(CC2CC2)CC2CCCN2)o1. The van der Waals surface area contributed by atoms with Crippen LogP contribution >= 0.6 is 0 Å². The summed E-state index contributed by atoms with van der Waals surface area (Å²) in [7, 11) is 0. The zero-order valence-electron chi connectivity index (χ0n) is 11.7. The molecule has 1 aliphatic carbocycles. The minimum absolute atomic E-state index is 0.0327. The Bertz CT molecular complexity index is 461. The van der Waals surface area contributed by atoms with Crippen LogP contribution in [0.4, 0.5) is 0 Å². The summed E-state index contributed by atoms with van der Waals surface area (Å²) in [6.07, 6.45) is 5.14. The monoisotopic (exact) mass is 278 g/mol. The first-order chi connectivity index (χ1) is 9.70. The molecule has 20 heavy (non-hydrogen) atoms. The van der Waals surface area contributed by atoms with Crippen LogP contribution in [0.5, 0.6) is 0 Å². The molecular formula is C15H22N2O3. The van der Waals surface area contributed by atoms with E-state index in [1.54, 1.807) is 12.1 Å². The van der Waals surface area contributed by atoms with Crippen LogP contribution in [-0.4, -0.2) is 41.7 Å². The van der Waals surface area contributed by atoms with Gasteiger partial charge in [0, 0.05) is 19.1 Å². The van der Waals surface area contributed by atoms with E-state index in [1.807, 2.05) is 0 Å². The number of aromatic carboxylic acids is 1. The van der Waals surface area contributed by atoms with Crippen LogP contribution in [0.1, 0.15) is 42.0 Å². The number of carboxylic acid groups (broad SMARTS) is 1. The summed E-state index contributed by atoms with van der Waals surface area (Å²) < 4.78 is 5.38. The zero-order valence-corrected chi connectivity index (χ0v) is 11.7. The lowest BCUT2D eigenvalue weighted by Gasteiger charge is -2.24. The van der Waals surface area contributed by atoms with Gasteiger partial charge in [0.15, 0.2) is 0 Å². The highest BCUT2D eigenvalue weighted by Crippen LogP contribution is 2.30. The van der Waals surface area contributed by atoms with Gasteiger partial charge >= 0.3 is 5.97 Å². The van der Waals surface area contributed by atoms with Gasteiger partial charge in [0.1, 0.15) is 5.76 Å². The highest BCUT2D eigenvalue weighted by Gasteiger charge is 2.27. The van der Waals surface area contributed by atoms with Crippen molar-refractivity contribution in [2.75, 3.05) is 19.6 Å². The van der Waals surface area contributed by atoms with Crippen LogP contribution in [0.15, 0.2) is 16.5 Å². The first-order valence-electron chi connectivity index (χ1n) is 7.48. The number of carbonyl (C=O) groups is 1. The van der Waals surface area contributed by atoms with Crippen molar-refractivity contribution < 1.29 is 14.3 Å². The van der Waals surface area contributed by atoms with Crippen LogP contribution in [0.3, 0.4) is 0 Å². The largest absolute Gasteiger partial charge is 0.475 e. The van der Waals surface area contributed by atoms with Gasteiger partial charge in [0.2, 0.25) is 5.76 Å². The first kappa shape index (κ1) is 13.6. The molecular weight excluding hydrogens is 256 g/mol. The molecule has 0 spiro atoms. The standard InChI is InChI=1S/C15H22N2O3/c18-15(19)14-6-5-13(20-14)10-17(8-11-3-4-11)9-12-2-1-7-16-12/h5-6,11-12,16H,1-4,7-10H2,(H,18,19). The Kier molecular flexibility index (Phi) is 4.08. The summed E-state index contributed by atoms with van der Waals surface area (Å²) in [5.74, 6) is 0.610. The third-order valence-electron chi connectivity index (χ3n) is 4.11. The van der Waals surface area contributed by atoms with Crippen LogP contribution < -0.4 is 5.32 Å². The molecule has 1 saturated carbocycles. The lowest BCUT2D eigenvalue weighted by atomic mass is 10.2. The molecule has 1 atom stereocenters. The molecule has 0 bridgehead atoms. The van der Waals surface area contributed by atoms with Gasteiger partial charge in [-0.25, -0.2) is 4.79 Å². The van der Waals surface area contributed by atoms with Gasteiger partial charge in [0.25, 0.3) is 0 Å². The van der Waals surface area contributed by atoms with Crippen molar-refractivity contribution in [2.24, 2.45) is 5.92 Å². The van der Waals surface area contributed by atoms with Crippen molar-refractivity contribution in [2.45, 2.75) is 38.3 Å². The summed E-state index contributed by atoms with van der Waals surface area (Å²) in [6.45, 7) is 3.95. The van der Waals surface area contributed by atoms with E-state index in [9.17, 15) is 4.79 Å². The van der Waals surface area contributed by atoms with E-state index in [-0.39, 0.29) is 5.76 Å². The number of rotatable bonds is 7. The molecule has 0 amide bonds. The molecule has 110 valence electrons. The summed E-state index contributed by atoms with van der Waals surface area (Å²) in [5.41, 5.74) is 0. The van der Waals surface area contributed by atoms with E-state index in [0.29, 0.717) is 12.6 Å². The third-order valence-corrected chi connectivity index (χ3v) is 4.11. The Balaban J connectivity index is 1.59. The average molecular weight is 278 g/mol. The molecule has 1 unspecified atom stereocenters. The van der Waals surface area contributed by atoms with Gasteiger partial charge in [-0.1, -0.05) is 0 Å². The average Bonchev–Trinajstić information content (AvgIpc) is 2.91. The summed E-state index contributed by atoms with van der Waals surface area (Å²) in [4.78, 5) is 13.3. The number of nitrogens with one attached hydrogen (secondary N) is 1. The van der Waals surface area contributed by atoms with Gasteiger partial charge in [0.05, 0.1) is 6.54 Å². The van der Waals surface area contributed by atoms with Crippen LogP contribution in [0.25, 0.3) is 0 Å². The van der Waals surface area contributed by atoms with Gasteiger partial charge in [-0.3, -0.25) is 4.90 Å². The number of hydrogen-bond donors (Lipinski definition) is 2. The van der Waals surface area contributed by atoms with Crippen molar-refractivity contribution in [3.05, 3.63) is 23.7 Å². The molecule has 5 nitrogen and oxygen atoms in total. The van der Waals surface area contributed by atoms with Gasteiger partial charge in [-0.15, -0.1) is 0 Å². The minimum Gasteiger partial charge on any atom is -0.475 e. The Morgan fingerprint density at radius 2 is 2.20 bits per heavy atom. The molecule has 1 aromatic heterocycles. The number of furan rings is 1. The van der Waals surface area contributed by atoms with Crippen molar-refractivity contribution in [3.63, 3.8) is 0 Å². The predicted molar refractivity (Wildman–Crippen MR) is 74.7 cm³/mol. The fourth-order valence-corrected chi connectivity index (χ4v) is 2.89. The fourth-order valence-electron chi connectivity index (χ4n) is 2.89. The van der Waals surface area contributed by atoms with Crippen molar-refractivity contribution in [1.82, 2.24) is 10.2 Å².